The van der Waals surface area contributed by atoms with E-state index in [1.165, 1.54) is 0 Å². The Kier molecular flexibility index (Phi) is 6.71. The highest BCUT2D eigenvalue weighted by molar-refractivity contribution is 7.38. The lowest BCUT2D eigenvalue weighted by molar-refractivity contribution is -0.0330. The minimum Gasteiger partial charge on any atom is -0.355 e. The minimum atomic E-state index is -0.671. The molecule has 2 saturated heterocycles. The molecular formula is C14H31N5O3P2. The quantitative estimate of drug-likeness (QED) is 0.264. The molecule has 8 N–H and O–H groups in total. The second kappa shape index (κ2) is 7.85. The normalized spacial score (nSPS) is 49.3. The number of nitrogens with zero attached hydrogens (tertiary/aromatic N) is 1. The van der Waals surface area contributed by atoms with Crippen molar-refractivity contribution in [2.75, 3.05) is 18.9 Å². The molecule has 2 heterocycles. The second-order valence-corrected chi connectivity index (χ2v) is 9.45. The Balaban J connectivity index is 1.86. The van der Waals surface area contributed by atoms with Crippen LogP contribution >= 0.6 is 17.8 Å². The SMILES string of the molecule is CC1(CCPC[C@H]2[C@@H](N)C(N)OC2(C)CN=O)OC(N)[C@H](N)[C@@H]1P. The molecule has 140 valence electrons. The molecule has 0 aromatic rings. The third kappa shape index (κ3) is 3.97. The van der Waals surface area contributed by atoms with Gasteiger partial charge in [0, 0.05) is 11.6 Å². The minimum absolute atomic E-state index is 0.0251. The highest BCUT2D eigenvalue weighted by atomic mass is 31.1. The molecule has 8 nitrogen and oxygen atoms in total. The fourth-order valence-electron chi connectivity index (χ4n) is 3.65. The molecule has 0 radical (unpaired) electrons. The summed E-state index contributed by atoms with van der Waals surface area (Å²) < 4.78 is 11.6. The predicted octanol–water partition coefficient (Wildman–Crippen LogP) is -0.517. The van der Waals surface area contributed by atoms with Gasteiger partial charge in [-0.3, -0.25) is 0 Å². The molecule has 2 aliphatic rings. The smallest absolute Gasteiger partial charge is 0.122 e. The van der Waals surface area contributed by atoms with Gasteiger partial charge >= 0.3 is 0 Å². The van der Waals surface area contributed by atoms with Crippen molar-refractivity contribution in [1.29, 1.82) is 0 Å². The average molecular weight is 379 g/mol. The van der Waals surface area contributed by atoms with Crippen LogP contribution in [0.4, 0.5) is 0 Å². The Morgan fingerprint density at radius 3 is 2.21 bits per heavy atom. The maximum absolute atomic E-state index is 10.7. The van der Waals surface area contributed by atoms with E-state index < -0.39 is 18.1 Å². The summed E-state index contributed by atoms with van der Waals surface area (Å²) in [5.74, 6) is 0.0251. The number of hydrogen-bond donors (Lipinski definition) is 4. The number of hydrogen-bond acceptors (Lipinski definition) is 8. The molecule has 0 saturated carbocycles. The first-order valence-corrected chi connectivity index (χ1v) is 10.4. The zero-order valence-corrected chi connectivity index (χ0v) is 16.5. The lowest BCUT2D eigenvalue weighted by Crippen LogP contribution is -2.44. The summed E-state index contributed by atoms with van der Waals surface area (Å²) in [6.45, 7) is 4.00. The third-order valence-electron chi connectivity index (χ3n) is 5.48. The summed E-state index contributed by atoms with van der Waals surface area (Å²) in [6.07, 6.45) is 1.74. The first kappa shape index (κ1) is 20.5. The van der Waals surface area contributed by atoms with E-state index in [0.29, 0.717) is 8.58 Å². The Morgan fingerprint density at radius 1 is 1.08 bits per heavy atom. The van der Waals surface area contributed by atoms with Crippen LogP contribution in [0.25, 0.3) is 0 Å². The van der Waals surface area contributed by atoms with E-state index in [-0.39, 0.29) is 35.8 Å². The van der Waals surface area contributed by atoms with Gasteiger partial charge in [0.1, 0.15) is 19.0 Å². The van der Waals surface area contributed by atoms with Crippen molar-refractivity contribution in [3.63, 3.8) is 0 Å². The first-order chi connectivity index (χ1) is 11.1. The van der Waals surface area contributed by atoms with Crippen LogP contribution in [0.2, 0.25) is 0 Å². The monoisotopic (exact) mass is 379 g/mol. The van der Waals surface area contributed by atoms with Crippen molar-refractivity contribution in [2.24, 2.45) is 34.0 Å². The Labute approximate surface area is 147 Å². The molecular weight excluding hydrogens is 348 g/mol. The molecule has 0 spiro atoms. The summed E-state index contributed by atoms with van der Waals surface area (Å²) in [5, 5.41) is 3.00. The van der Waals surface area contributed by atoms with Gasteiger partial charge in [-0.1, -0.05) is 5.18 Å². The molecule has 2 rings (SSSR count). The molecule has 0 aromatic carbocycles. The van der Waals surface area contributed by atoms with Crippen LogP contribution in [-0.4, -0.2) is 60.3 Å². The van der Waals surface area contributed by atoms with Crippen LogP contribution in [0.3, 0.4) is 0 Å². The largest absolute Gasteiger partial charge is 0.355 e. The lowest BCUT2D eigenvalue weighted by atomic mass is 9.87. The number of rotatable bonds is 7. The van der Waals surface area contributed by atoms with E-state index in [0.717, 1.165) is 18.7 Å². The third-order valence-corrected chi connectivity index (χ3v) is 7.96. The van der Waals surface area contributed by atoms with Crippen LogP contribution in [0.15, 0.2) is 5.18 Å². The zero-order valence-electron chi connectivity index (χ0n) is 14.4. The lowest BCUT2D eigenvalue weighted by Gasteiger charge is -2.31. The molecule has 0 bridgehead atoms. The van der Waals surface area contributed by atoms with Gasteiger partial charge in [0.15, 0.2) is 0 Å². The second-order valence-electron chi connectivity index (χ2n) is 7.32. The van der Waals surface area contributed by atoms with Gasteiger partial charge in [-0.05, 0) is 32.6 Å². The molecule has 10 atom stereocenters. The predicted molar refractivity (Wildman–Crippen MR) is 101 cm³/mol. The number of ether oxygens (including phenoxy) is 2. The van der Waals surface area contributed by atoms with Gasteiger partial charge in [-0.15, -0.1) is 17.8 Å². The number of nitrogens with two attached hydrogens (primary N) is 4. The fourth-order valence-corrected chi connectivity index (χ4v) is 6.00. The topological polar surface area (TPSA) is 152 Å². The summed E-state index contributed by atoms with van der Waals surface area (Å²) >= 11 is 0. The van der Waals surface area contributed by atoms with Crippen molar-refractivity contribution >= 4 is 17.8 Å². The van der Waals surface area contributed by atoms with Crippen LogP contribution in [-0.2, 0) is 9.47 Å². The van der Waals surface area contributed by atoms with E-state index in [9.17, 15) is 4.91 Å². The van der Waals surface area contributed by atoms with E-state index in [1.807, 2.05) is 6.92 Å². The average Bonchev–Trinajstić information content (AvgIpc) is 2.83. The maximum atomic E-state index is 10.7. The maximum Gasteiger partial charge on any atom is 0.122 e. The number of nitroso groups, excluding NO2 is 1. The van der Waals surface area contributed by atoms with Crippen molar-refractivity contribution < 1.29 is 9.47 Å². The molecule has 10 heteroatoms. The Morgan fingerprint density at radius 2 is 1.67 bits per heavy atom. The summed E-state index contributed by atoms with van der Waals surface area (Å²) in [6, 6.07) is -0.446. The molecule has 0 aromatic heterocycles. The van der Waals surface area contributed by atoms with E-state index in [4.69, 9.17) is 32.4 Å². The van der Waals surface area contributed by atoms with Crippen LogP contribution in [0.1, 0.15) is 20.3 Å². The van der Waals surface area contributed by atoms with E-state index in [2.05, 4.69) is 21.3 Å². The van der Waals surface area contributed by atoms with Crippen LogP contribution in [0.5, 0.6) is 0 Å². The standard InChI is InChI=1S/C14H31N5O3P2/c1-13(10(23)9(16)12(18)21-13)3-4-24-5-7-8(15)11(17)22-14(7,2)6-19-20/h7-12,24H,3-6,15-18,23H2,1-2H3/t7-,8+,9+,10-,11?,12?,13?,14?/m0/s1. The van der Waals surface area contributed by atoms with Gasteiger partial charge in [-0.2, -0.15) is 4.91 Å². The Bertz CT molecular complexity index is 462. The molecule has 24 heavy (non-hydrogen) atoms. The van der Waals surface area contributed by atoms with Crippen molar-refractivity contribution in [3.8, 4) is 0 Å². The van der Waals surface area contributed by atoms with E-state index in [1.54, 1.807) is 0 Å². The van der Waals surface area contributed by atoms with E-state index >= 15 is 0 Å². The van der Waals surface area contributed by atoms with Crippen LogP contribution in [0, 0.1) is 10.8 Å². The van der Waals surface area contributed by atoms with Crippen molar-refractivity contribution in [1.82, 2.24) is 0 Å². The zero-order chi connectivity index (χ0) is 18.1. The van der Waals surface area contributed by atoms with Gasteiger partial charge in [0.05, 0.1) is 23.3 Å². The summed E-state index contributed by atoms with van der Waals surface area (Å²) in [5.41, 5.74) is 23.2. The highest BCUT2D eigenvalue weighted by Crippen LogP contribution is 2.40. The van der Waals surface area contributed by atoms with Gasteiger partial charge in [0.2, 0.25) is 0 Å². The highest BCUT2D eigenvalue weighted by Gasteiger charge is 2.50. The molecule has 0 amide bonds. The molecule has 6 unspecified atom stereocenters. The van der Waals surface area contributed by atoms with Gasteiger partial charge in [-0.25, -0.2) is 0 Å². The molecule has 2 aliphatic heterocycles. The van der Waals surface area contributed by atoms with Crippen LogP contribution < -0.4 is 22.9 Å². The summed E-state index contributed by atoms with van der Waals surface area (Å²) in [7, 11) is 3.43. The fraction of sp³-hybridized carbons (Fsp3) is 1.00. The van der Waals surface area contributed by atoms with Crippen molar-refractivity contribution in [3.05, 3.63) is 4.91 Å². The van der Waals surface area contributed by atoms with Gasteiger partial charge < -0.3 is 32.4 Å². The Hall–Kier alpha value is 0.220. The van der Waals surface area contributed by atoms with Gasteiger partial charge in [0.25, 0.3) is 0 Å². The molecule has 2 fully saturated rings. The molecule has 0 aliphatic carbocycles. The van der Waals surface area contributed by atoms with Crippen molar-refractivity contribution in [2.45, 2.75) is 61.7 Å². The first-order valence-electron chi connectivity index (χ1n) is 8.28. The summed E-state index contributed by atoms with van der Waals surface area (Å²) in [4.78, 5) is 10.7.